The van der Waals surface area contributed by atoms with Gasteiger partial charge in [-0.05, 0) is 11.6 Å². The maximum atomic E-state index is 11.6. The van der Waals surface area contributed by atoms with Crippen molar-refractivity contribution in [1.29, 1.82) is 0 Å². The van der Waals surface area contributed by atoms with Crippen LogP contribution in [0.4, 0.5) is 22.0 Å². The van der Waals surface area contributed by atoms with Gasteiger partial charge in [-0.3, -0.25) is 0 Å². The average Bonchev–Trinajstić information content (AvgIpc) is 1.84. The first kappa shape index (κ1) is 9.42. The summed E-state index contributed by atoms with van der Waals surface area (Å²) < 4.78 is 56.6. The zero-order valence-corrected chi connectivity index (χ0v) is 5.02. The monoisotopic (exact) mass is 178 g/mol. The third-order valence-electron chi connectivity index (χ3n) is 0.525. The Morgan fingerprint density at radius 3 is 1.30 bits per heavy atom. The largest absolute Gasteiger partial charge is 0.308 e. The molecule has 0 aliphatic heterocycles. The highest BCUT2D eigenvalue weighted by atomic mass is 35.5. The zero-order valence-electron chi connectivity index (χ0n) is 4.27. The van der Waals surface area contributed by atoms with Crippen LogP contribution in [0.5, 0.6) is 0 Å². The Bertz CT molecular complexity index is 164. The molecule has 0 heterocycles. The predicted octanol–water partition coefficient (Wildman–Crippen LogP) is 3.41. The van der Waals surface area contributed by atoms with E-state index < -0.39 is 23.0 Å². The van der Waals surface area contributed by atoms with Gasteiger partial charge in [0.1, 0.15) is 0 Å². The van der Waals surface area contributed by atoms with Crippen molar-refractivity contribution < 1.29 is 22.0 Å². The fourth-order valence-corrected chi connectivity index (χ4v) is 0.249. The quantitative estimate of drug-likeness (QED) is 0.426. The third-order valence-corrected chi connectivity index (χ3v) is 0.690. The lowest BCUT2D eigenvalue weighted by Gasteiger charge is -1.88. The average molecular weight is 178 g/mol. The molecule has 0 amide bonds. The first-order valence-corrected chi connectivity index (χ1v) is 2.26. The Labute approximate surface area is 57.6 Å². The van der Waals surface area contributed by atoms with Crippen molar-refractivity contribution in [1.82, 2.24) is 0 Å². The van der Waals surface area contributed by atoms with E-state index in [0.717, 1.165) is 0 Å². The lowest BCUT2D eigenvalue weighted by atomic mass is 10.5. The van der Waals surface area contributed by atoms with Gasteiger partial charge in [-0.2, -0.15) is 22.0 Å². The highest BCUT2D eigenvalue weighted by Gasteiger charge is 2.15. The Morgan fingerprint density at radius 2 is 1.20 bits per heavy atom. The second-order valence-corrected chi connectivity index (χ2v) is 1.48. The molecule has 6 heteroatoms. The molecule has 0 N–H and O–H groups in total. The molecule has 0 spiro atoms. The molecule has 0 saturated carbocycles. The molecule has 0 atom stereocenters. The van der Waals surface area contributed by atoms with E-state index in [-0.39, 0.29) is 0 Å². The van der Waals surface area contributed by atoms with E-state index in [1.54, 1.807) is 0 Å². The smallest absolute Gasteiger partial charge is 0.199 e. The van der Waals surface area contributed by atoms with Crippen molar-refractivity contribution in [2.24, 2.45) is 0 Å². The standard InChI is InChI=1S/C4ClF5/c5-3(8)1(6)2(7)4(9)10/b3-1+. The van der Waals surface area contributed by atoms with Crippen LogP contribution in [0.2, 0.25) is 0 Å². The molecule has 0 nitrogen and oxygen atoms in total. The van der Waals surface area contributed by atoms with Gasteiger partial charge in [0, 0.05) is 0 Å². The molecular weight excluding hydrogens is 178 g/mol. The zero-order chi connectivity index (χ0) is 8.31. The molecule has 58 valence electrons. The van der Waals surface area contributed by atoms with Crippen LogP contribution in [-0.4, -0.2) is 0 Å². The molecule has 0 aliphatic rings. The number of halogens is 6. The SMILES string of the molecule is FC(F)=C(F)/C(F)=C(\F)Cl. The molecule has 0 aromatic heterocycles. The molecule has 10 heavy (non-hydrogen) atoms. The van der Waals surface area contributed by atoms with Gasteiger partial charge in [0.15, 0.2) is 0 Å². The molecule has 0 unspecified atom stereocenters. The molecule has 0 fully saturated rings. The number of rotatable bonds is 1. The van der Waals surface area contributed by atoms with E-state index in [1.807, 2.05) is 0 Å². The molecule has 0 aliphatic carbocycles. The first-order valence-electron chi connectivity index (χ1n) is 1.88. The van der Waals surface area contributed by atoms with Gasteiger partial charge in [-0.15, -0.1) is 0 Å². The summed E-state index contributed by atoms with van der Waals surface area (Å²) in [5.74, 6) is -4.96. The summed E-state index contributed by atoms with van der Waals surface area (Å²) >= 11 is 4.20. The van der Waals surface area contributed by atoms with Gasteiger partial charge in [0.05, 0.1) is 0 Å². The van der Waals surface area contributed by atoms with Gasteiger partial charge in [0.25, 0.3) is 0 Å². The van der Waals surface area contributed by atoms with Crippen LogP contribution in [0.25, 0.3) is 0 Å². The normalized spacial score (nSPS) is 12.6. The van der Waals surface area contributed by atoms with Crippen LogP contribution in [0, 0.1) is 0 Å². The summed E-state index contributed by atoms with van der Waals surface area (Å²) in [5.41, 5.74) is 0. The summed E-state index contributed by atoms with van der Waals surface area (Å²) in [4.78, 5) is 0. The first-order chi connectivity index (χ1) is 4.46. The Kier molecular flexibility index (Phi) is 3.35. The van der Waals surface area contributed by atoms with Gasteiger partial charge < -0.3 is 0 Å². The Hall–Kier alpha value is -0.580. The van der Waals surface area contributed by atoms with Gasteiger partial charge in [0.2, 0.25) is 16.9 Å². The van der Waals surface area contributed by atoms with Crippen LogP contribution < -0.4 is 0 Å². The molecule has 0 rings (SSSR count). The number of allylic oxidation sites excluding steroid dienone is 2. The number of hydrogen-bond donors (Lipinski definition) is 0. The van der Waals surface area contributed by atoms with E-state index in [2.05, 4.69) is 11.6 Å². The Morgan fingerprint density at radius 1 is 0.800 bits per heavy atom. The predicted molar refractivity (Wildman–Crippen MR) is 25.4 cm³/mol. The molecular formula is C4ClF5. The minimum atomic E-state index is -2.95. The second kappa shape index (κ2) is 3.55. The van der Waals surface area contributed by atoms with E-state index in [9.17, 15) is 22.0 Å². The number of hydrogen-bond acceptors (Lipinski definition) is 0. The second-order valence-electron chi connectivity index (χ2n) is 1.15. The van der Waals surface area contributed by atoms with E-state index in [4.69, 9.17) is 0 Å². The van der Waals surface area contributed by atoms with Gasteiger partial charge in [-0.25, -0.2) is 0 Å². The van der Waals surface area contributed by atoms with Crippen LogP contribution in [-0.2, 0) is 0 Å². The maximum Gasteiger partial charge on any atom is 0.308 e. The minimum absolute atomic E-state index is 2.13. The molecule has 0 bridgehead atoms. The molecule has 0 saturated heterocycles. The van der Waals surface area contributed by atoms with Crippen LogP contribution in [0.3, 0.4) is 0 Å². The van der Waals surface area contributed by atoms with Gasteiger partial charge >= 0.3 is 6.08 Å². The molecule has 0 aromatic rings. The topological polar surface area (TPSA) is 0 Å². The van der Waals surface area contributed by atoms with Crippen LogP contribution in [0.1, 0.15) is 0 Å². The fraction of sp³-hybridized carbons (Fsp3) is 0. The summed E-state index contributed by atoms with van der Waals surface area (Å²) in [6, 6.07) is 0. The Balaban J connectivity index is 4.71. The highest BCUT2D eigenvalue weighted by molar-refractivity contribution is 6.28. The lowest BCUT2D eigenvalue weighted by molar-refractivity contribution is 0.368. The molecule has 0 aromatic carbocycles. The molecule has 0 radical (unpaired) electrons. The maximum absolute atomic E-state index is 11.6. The fourth-order valence-electron chi connectivity index (χ4n) is 0.166. The van der Waals surface area contributed by atoms with Crippen molar-refractivity contribution in [2.75, 3.05) is 0 Å². The summed E-state index contributed by atoms with van der Waals surface area (Å²) in [6.45, 7) is 0. The van der Waals surface area contributed by atoms with Crippen LogP contribution >= 0.6 is 11.6 Å². The highest BCUT2D eigenvalue weighted by Crippen LogP contribution is 2.25. The summed E-state index contributed by atoms with van der Waals surface area (Å²) in [6.07, 6.45) is -2.95. The lowest BCUT2D eigenvalue weighted by Crippen LogP contribution is -1.78. The van der Waals surface area contributed by atoms with E-state index >= 15 is 0 Å². The van der Waals surface area contributed by atoms with Crippen molar-refractivity contribution >= 4 is 11.6 Å². The third kappa shape index (κ3) is 2.34. The summed E-state index contributed by atoms with van der Waals surface area (Å²) in [5, 5.41) is -2.13. The van der Waals surface area contributed by atoms with E-state index in [1.165, 1.54) is 0 Å². The van der Waals surface area contributed by atoms with Crippen molar-refractivity contribution in [3.05, 3.63) is 23.0 Å². The van der Waals surface area contributed by atoms with Gasteiger partial charge in [-0.1, -0.05) is 0 Å². The van der Waals surface area contributed by atoms with Crippen molar-refractivity contribution in [3.63, 3.8) is 0 Å². The minimum Gasteiger partial charge on any atom is -0.199 e. The van der Waals surface area contributed by atoms with E-state index in [0.29, 0.717) is 0 Å². The van der Waals surface area contributed by atoms with Crippen LogP contribution in [0.15, 0.2) is 23.0 Å². The summed E-state index contributed by atoms with van der Waals surface area (Å²) in [7, 11) is 0. The van der Waals surface area contributed by atoms with Crippen molar-refractivity contribution in [2.45, 2.75) is 0 Å². The van der Waals surface area contributed by atoms with Crippen molar-refractivity contribution in [3.8, 4) is 0 Å².